The molecule has 0 fully saturated rings. The molecule has 2 aromatic heterocycles. The zero-order valence-electron chi connectivity index (χ0n) is 15.7. The zero-order chi connectivity index (χ0) is 20.5. The minimum atomic E-state index is 0.0441. The molecule has 0 unspecified atom stereocenters. The van der Waals surface area contributed by atoms with Crippen LogP contribution in [0.15, 0.2) is 60.9 Å². The normalized spacial score (nSPS) is 10.1. The average Bonchev–Trinajstić information content (AvgIpc) is 2.74. The summed E-state index contributed by atoms with van der Waals surface area (Å²) in [6, 6.07) is 15.2. The van der Waals surface area contributed by atoms with Gasteiger partial charge in [0.05, 0.1) is 27.7 Å². The third-order valence-corrected chi connectivity index (χ3v) is 4.48. The van der Waals surface area contributed by atoms with E-state index in [1.165, 1.54) is 0 Å². The second kappa shape index (κ2) is 11.2. The maximum atomic E-state index is 8.91. The van der Waals surface area contributed by atoms with Crippen molar-refractivity contribution in [3.8, 4) is 0 Å². The Labute approximate surface area is 179 Å². The van der Waals surface area contributed by atoms with E-state index in [0.29, 0.717) is 15.9 Å². The maximum Gasteiger partial charge on any atom is 0.0703 e. The van der Waals surface area contributed by atoms with Gasteiger partial charge < -0.3 is 5.11 Å². The van der Waals surface area contributed by atoms with E-state index >= 15 is 0 Å². The van der Waals surface area contributed by atoms with Crippen molar-refractivity contribution in [2.45, 2.75) is 26.3 Å². The number of hydrogen-bond acceptors (Lipinski definition) is 3. The Kier molecular flexibility index (Phi) is 8.94. The number of pyridine rings is 2. The van der Waals surface area contributed by atoms with Crippen LogP contribution in [0.25, 0.3) is 21.8 Å². The molecule has 0 saturated heterocycles. The second-order valence-corrected chi connectivity index (χ2v) is 6.79. The van der Waals surface area contributed by atoms with Crippen molar-refractivity contribution < 1.29 is 5.11 Å². The predicted molar refractivity (Wildman–Crippen MR) is 120 cm³/mol. The summed E-state index contributed by atoms with van der Waals surface area (Å²) in [5.74, 6) is 0.516. The van der Waals surface area contributed by atoms with Crippen LogP contribution in [0.2, 0.25) is 10.0 Å². The molecular formula is C22H21Cl3N2O. The molecule has 2 aromatic carbocycles. The van der Waals surface area contributed by atoms with Gasteiger partial charge in [0.25, 0.3) is 0 Å². The standard InChI is InChI=1S/C10H7Cl2N.C10H8ClNO.C2H6/c11-5-7-1-2-10-8(3-7)4-9(12)6-13-10;11-9-4-8-3-7(6-13)1-2-10(8)12-5-9;1-2/h1-4,6H,5H2;1-5,13H,6H2;1-2H3. The topological polar surface area (TPSA) is 46.0 Å². The molecule has 0 bridgehead atoms. The molecule has 0 saturated carbocycles. The lowest BCUT2D eigenvalue weighted by Gasteiger charge is -1.99. The van der Waals surface area contributed by atoms with Crippen LogP contribution in [0.3, 0.4) is 0 Å². The molecule has 146 valence electrons. The summed E-state index contributed by atoms with van der Waals surface area (Å²) >= 11 is 17.3. The van der Waals surface area contributed by atoms with Gasteiger partial charge >= 0.3 is 0 Å². The van der Waals surface area contributed by atoms with E-state index in [2.05, 4.69) is 9.97 Å². The van der Waals surface area contributed by atoms with Crippen LogP contribution in [-0.4, -0.2) is 15.1 Å². The number of hydrogen-bond donors (Lipinski definition) is 1. The number of benzene rings is 2. The number of aliphatic hydroxyl groups is 1. The van der Waals surface area contributed by atoms with Crippen LogP contribution in [0.4, 0.5) is 0 Å². The first-order valence-electron chi connectivity index (χ1n) is 8.84. The molecule has 1 N–H and O–H groups in total. The van der Waals surface area contributed by atoms with Crippen LogP contribution in [0, 0.1) is 0 Å². The number of aromatic nitrogens is 2. The van der Waals surface area contributed by atoms with E-state index in [1.54, 1.807) is 12.4 Å². The third-order valence-electron chi connectivity index (χ3n) is 3.76. The van der Waals surface area contributed by atoms with Crippen LogP contribution in [0.1, 0.15) is 25.0 Å². The van der Waals surface area contributed by atoms with Crippen molar-refractivity contribution >= 4 is 56.6 Å². The first-order chi connectivity index (χ1) is 13.6. The van der Waals surface area contributed by atoms with Gasteiger partial charge in [-0.2, -0.15) is 0 Å². The third kappa shape index (κ3) is 6.05. The van der Waals surface area contributed by atoms with Crippen molar-refractivity contribution in [3.63, 3.8) is 0 Å². The Morgan fingerprint density at radius 3 is 1.68 bits per heavy atom. The van der Waals surface area contributed by atoms with Gasteiger partial charge in [-0.15, -0.1) is 11.6 Å². The number of nitrogens with zero attached hydrogens (tertiary/aromatic N) is 2. The van der Waals surface area contributed by atoms with Crippen molar-refractivity contribution in [3.05, 3.63) is 82.1 Å². The lowest BCUT2D eigenvalue weighted by atomic mass is 10.1. The maximum absolute atomic E-state index is 8.91. The molecule has 2 heterocycles. The molecule has 4 rings (SSSR count). The highest BCUT2D eigenvalue weighted by molar-refractivity contribution is 6.31. The fourth-order valence-electron chi connectivity index (χ4n) is 2.49. The summed E-state index contributed by atoms with van der Waals surface area (Å²) in [5.41, 5.74) is 3.79. The fourth-order valence-corrected chi connectivity index (χ4v) is 2.99. The molecule has 28 heavy (non-hydrogen) atoms. The van der Waals surface area contributed by atoms with E-state index in [0.717, 1.165) is 32.9 Å². The highest BCUT2D eigenvalue weighted by Gasteiger charge is 1.98. The van der Waals surface area contributed by atoms with Gasteiger partial charge in [-0.3, -0.25) is 9.97 Å². The summed E-state index contributed by atoms with van der Waals surface area (Å²) in [4.78, 5) is 8.32. The smallest absolute Gasteiger partial charge is 0.0703 e. The van der Waals surface area contributed by atoms with E-state index in [4.69, 9.17) is 39.9 Å². The van der Waals surface area contributed by atoms with Crippen molar-refractivity contribution in [1.29, 1.82) is 0 Å². The van der Waals surface area contributed by atoms with Crippen LogP contribution in [-0.2, 0) is 12.5 Å². The minimum Gasteiger partial charge on any atom is -0.392 e. The molecule has 6 heteroatoms. The molecule has 0 atom stereocenters. The Bertz CT molecular complexity index is 969. The van der Waals surface area contributed by atoms with Gasteiger partial charge in [0.1, 0.15) is 0 Å². The first kappa shape index (κ1) is 22.4. The predicted octanol–water partition coefficient (Wildman–Crippen LogP) is 7.03. The van der Waals surface area contributed by atoms with Gasteiger partial charge in [0.2, 0.25) is 0 Å². The molecule has 3 nitrogen and oxygen atoms in total. The molecule has 0 aliphatic rings. The van der Waals surface area contributed by atoms with Gasteiger partial charge in [-0.25, -0.2) is 0 Å². The van der Waals surface area contributed by atoms with Crippen molar-refractivity contribution in [2.24, 2.45) is 0 Å². The monoisotopic (exact) mass is 434 g/mol. The van der Waals surface area contributed by atoms with E-state index in [1.807, 2.05) is 62.4 Å². The summed E-state index contributed by atoms with van der Waals surface area (Å²) in [6.45, 7) is 4.04. The summed E-state index contributed by atoms with van der Waals surface area (Å²) < 4.78 is 0. The lowest BCUT2D eigenvalue weighted by molar-refractivity contribution is 0.282. The molecule has 0 amide bonds. The van der Waals surface area contributed by atoms with Gasteiger partial charge in [-0.1, -0.05) is 49.2 Å². The number of alkyl halides is 1. The van der Waals surface area contributed by atoms with Gasteiger partial charge in [0, 0.05) is 29.0 Å². The minimum absolute atomic E-state index is 0.0441. The fraction of sp³-hybridized carbons (Fsp3) is 0.182. The average molecular weight is 436 g/mol. The zero-order valence-corrected chi connectivity index (χ0v) is 17.9. The SMILES string of the molecule is CC.ClCc1ccc2ncc(Cl)cc2c1.OCc1ccc2ncc(Cl)cc2c1. The van der Waals surface area contributed by atoms with Crippen LogP contribution in [0.5, 0.6) is 0 Å². The molecule has 0 aliphatic carbocycles. The van der Waals surface area contributed by atoms with Gasteiger partial charge in [-0.05, 0) is 47.5 Å². The second-order valence-electron chi connectivity index (χ2n) is 5.65. The van der Waals surface area contributed by atoms with E-state index in [-0.39, 0.29) is 6.61 Å². The first-order valence-corrected chi connectivity index (χ1v) is 10.1. The van der Waals surface area contributed by atoms with Crippen LogP contribution >= 0.6 is 34.8 Å². The van der Waals surface area contributed by atoms with Crippen molar-refractivity contribution in [1.82, 2.24) is 9.97 Å². The van der Waals surface area contributed by atoms with E-state index < -0.39 is 0 Å². The quantitative estimate of drug-likeness (QED) is 0.344. The summed E-state index contributed by atoms with van der Waals surface area (Å²) in [5, 5.41) is 12.2. The molecule has 4 aromatic rings. The van der Waals surface area contributed by atoms with E-state index in [9.17, 15) is 0 Å². The Balaban J connectivity index is 0.000000184. The van der Waals surface area contributed by atoms with Gasteiger partial charge in [0.15, 0.2) is 0 Å². The van der Waals surface area contributed by atoms with Crippen LogP contribution < -0.4 is 0 Å². The molecule has 0 spiro atoms. The Hall–Kier alpha value is -1.91. The summed E-state index contributed by atoms with van der Waals surface area (Å²) in [7, 11) is 0. The summed E-state index contributed by atoms with van der Waals surface area (Å²) in [6.07, 6.45) is 3.26. The molecule has 0 radical (unpaired) electrons. The highest BCUT2D eigenvalue weighted by atomic mass is 35.5. The molecule has 0 aliphatic heterocycles. The number of halogens is 3. The highest BCUT2D eigenvalue weighted by Crippen LogP contribution is 2.19. The number of rotatable bonds is 2. The molecular weight excluding hydrogens is 415 g/mol. The number of fused-ring (bicyclic) bond motifs is 2. The largest absolute Gasteiger partial charge is 0.392 e. The Morgan fingerprint density at radius 1 is 0.750 bits per heavy atom. The number of aliphatic hydroxyl groups excluding tert-OH is 1. The lowest BCUT2D eigenvalue weighted by Crippen LogP contribution is -1.84. The Morgan fingerprint density at radius 2 is 1.21 bits per heavy atom. The van der Waals surface area contributed by atoms with Crippen molar-refractivity contribution in [2.75, 3.05) is 0 Å².